The van der Waals surface area contributed by atoms with E-state index in [0.29, 0.717) is 5.92 Å². The second kappa shape index (κ2) is 15.2. The van der Waals surface area contributed by atoms with Crippen molar-refractivity contribution in [1.82, 2.24) is 4.57 Å². The molecule has 2 nitrogen and oxygen atoms in total. The molecule has 1 spiro atoms. The molecule has 0 N–H and O–H groups in total. The summed E-state index contributed by atoms with van der Waals surface area (Å²) in [4.78, 5) is 2.57. The average molecular weight is 883 g/mol. The Hall–Kier alpha value is -6.64. The molecule has 14 rings (SSSR count). The largest absolute Gasteiger partial charge is 0.310 e. The van der Waals surface area contributed by atoms with E-state index < -0.39 is 0 Å². The first-order chi connectivity index (χ1) is 33.1. The van der Waals surface area contributed by atoms with Crippen LogP contribution in [0, 0.1) is 23.7 Å². The van der Waals surface area contributed by atoms with Gasteiger partial charge in [0.1, 0.15) is 0 Å². The second-order valence-electron chi connectivity index (χ2n) is 22.2. The third-order valence-electron chi connectivity index (χ3n) is 17.9. The van der Waals surface area contributed by atoms with Crippen LogP contribution < -0.4 is 4.90 Å². The summed E-state index contributed by atoms with van der Waals surface area (Å²) < 4.78 is 2.40. The second-order valence-corrected chi connectivity index (χ2v) is 22.2. The van der Waals surface area contributed by atoms with Gasteiger partial charge in [-0.1, -0.05) is 169 Å². The molecule has 2 heteroatoms. The van der Waals surface area contributed by atoms with Gasteiger partial charge in [-0.25, -0.2) is 0 Å². The van der Waals surface area contributed by atoms with Crippen molar-refractivity contribution < 1.29 is 0 Å². The van der Waals surface area contributed by atoms with Crippen LogP contribution in [0.3, 0.4) is 0 Å². The molecular formula is C66H62N2. The lowest BCUT2D eigenvalue weighted by Gasteiger charge is -2.55. The Bertz CT molecular complexity index is 3380. The summed E-state index contributed by atoms with van der Waals surface area (Å²) in [5.41, 5.74) is 21.2. The Kier molecular flexibility index (Phi) is 9.27. The van der Waals surface area contributed by atoms with E-state index in [-0.39, 0.29) is 16.2 Å². The van der Waals surface area contributed by atoms with Crippen molar-refractivity contribution in [3.8, 4) is 27.9 Å². The molecule has 9 aromatic rings. The summed E-state index contributed by atoms with van der Waals surface area (Å²) in [6.07, 6.45) is 6.52. The van der Waals surface area contributed by atoms with Crippen molar-refractivity contribution in [2.45, 2.75) is 89.9 Å². The highest BCUT2D eigenvalue weighted by Gasteiger charge is 2.56. The van der Waals surface area contributed by atoms with E-state index in [1.807, 2.05) is 0 Å². The van der Waals surface area contributed by atoms with Crippen LogP contribution in [0.15, 0.2) is 182 Å². The third-order valence-corrected chi connectivity index (χ3v) is 17.9. The molecule has 5 atom stereocenters. The summed E-state index contributed by atoms with van der Waals surface area (Å²) in [6, 6.07) is 69.6. The van der Waals surface area contributed by atoms with Gasteiger partial charge in [0.05, 0.1) is 11.0 Å². The van der Waals surface area contributed by atoms with Crippen LogP contribution in [0.2, 0.25) is 0 Å². The number of nitrogens with zero attached hydrogens (tertiary/aromatic N) is 2. The Labute approximate surface area is 403 Å². The molecule has 2 bridgehead atoms. The van der Waals surface area contributed by atoms with E-state index in [0.717, 1.165) is 17.8 Å². The Balaban J connectivity index is 0.953. The SMILES string of the molecule is CC[C@@H]1C[C@@H]2C[C@H](C)CC1CC21c2ccccc2C(C)(C)c2ccc(N(c3ccc(-c4ccc(-n5c6ccccc6c6ccccc65)cc4)cc3)c3ccc4c(c3)C(C)(C)c3ccccc3-4)cc21. The van der Waals surface area contributed by atoms with E-state index in [9.17, 15) is 0 Å². The fourth-order valence-electron chi connectivity index (χ4n) is 14.7. The van der Waals surface area contributed by atoms with Gasteiger partial charge in [0.25, 0.3) is 0 Å². The van der Waals surface area contributed by atoms with Crippen LogP contribution in [0.5, 0.6) is 0 Å². The minimum Gasteiger partial charge on any atom is -0.310 e. The quantitative estimate of drug-likeness (QED) is 0.162. The highest BCUT2D eigenvalue weighted by Crippen LogP contribution is 2.64. The molecule has 8 aromatic carbocycles. The van der Waals surface area contributed by atoms with Crippen molar-refractivity contribution >= 4 is 38.9 Å². The lowest BCUT2D eigenvalue weighted by molar-refractivity contribution is 0.117. The van der Waals surface area contributed by atoms with Crippen LogP contribution in [0.25, 0.3) is 49.7 Å². The van der Waals surface area contributed by atoms with Crippen LogP contribution in [-0.4, -0.2) is 4.57 Å². The summed E-state index contributed by atoms with van der Waals surface area (Å²) in [6.45, 7) is 14.8. The molecule has 0 amide bonds. The van der Waals surface area contributed by atoms with Crippen LogP contribution >= 0.6 is 0 Å². The van der Waals surface area contributed by atoms with Gasteiger partial charge in [-0.3, -0.25) is 0 Å². The number of benzene rings is 8. The van der Waals surface area contributed by atoms with Gasteiger partial charge in [-0.05, 0) is 166 Å². The first-order valence-corrected chi connectivity index (χ1v) is 25.5. The summed E-state index contributed by atoms with van der Waals surface area (Å²) in [5.74, 6) is 2.90. The van der Waals surface area contributed by atoms with Gasteiger partial charge in [0, 0.05) is 49.8 Å². The standard InChI is InChI=1S/C66H62N2/c1-7-43-38-47-37-42(2)36-46(43)41-66(47)59-21-13-12-20-57(59)65(5,6)58-35-33-51(40-61(58)66)67(50-32-34-53-52-16-8-11-19-56(52)64(3,4)60(53)39-50)48-28-24-44(25-29-48)45-26-30-49(31-27-45)68-62-22-14-9-17-54(62)55-18-10-15-23-63(55)68/h8-35,39-40,42-43,46-47H,7,36-38,41H2,1-6H3/t42-,43-,46?,47+,66?/m1/s1. The molecule has 68 heavy (non-hydrogen) atoms. The lowest BCUT2D eigenvalue weighted by atomic mass is 9.48. The van der Waals surface area contributed by atoms with Crippen molar-refractivity contribution in [2.24, 2.45) is 23.7 Å². The molecule has 1 heterocycles. The predicted molar refractivity (Wildman–Crippen MR) is 286 cm³/mol. The van der Waals surface area contributed by atoms with E-state index in [4.69, 9.17) is 0 Å². The number of hydrogen-bond donors (Lipinski definition) is 0. The predicted octanol–water partition coefficient (Wildman–Crippen LogP) is 17.6. The molecule has 336 valence electrons. The van der Waals surface area contributed by atoms with Gasteiger partial charge >= 0.3 is 0 Å². The van der Waals surface area contributed by atoms with Gasteiger partial charge in [-0.15, -0.1) is 0 Å². The molecule has 3 saturated carbocycles. The number of para-hydroxylation sites is 2. The lowest BCUT2D eigenvalue weighted by Crippen LogP contribution is -2.49. The maximum Gasteiger partial charge on any atom is 0.0541 e. The molecule has 3 fully saturated rings. The van der Waals surface area contributed by atoms with Crippen molar-refractivity contribution in [3.63, 3.8) is 0 Å². The van der Waals surface area contributed by atoms with E-state index in [1.165, 1.54) is 121 Å². The van der Waals surface area contributed by atoms with Crippen molar-refractivity contribution in [2.75, 3.05) is 4.90 Å². The molecule has 0 saturated heterocycles. The van der Waals surface area contributed by atoms with E-state index >= 15 is 0 Å². The summed E-state index contributed by atoms with van der Waals surface area (Å²) >= 11 is 0. The Morgan fingerprint density at radius 3 is 1.71 bits per heavy atom. The van der Waals surface area contributed by atoms with Gasteiger partial charge in [-0.2, -0.15) is 0 Å². The zero-order chi connectivity index (χ0) is 46.1. The zero-order valence-electron chi connectivity index (χ0n) is 40.6. The van der Waals surface area contributed by atoms with Crippen LogP contribution in [0.1, 0.15) is 107 Å². The summed E-state index contributed by atoms with van der Waals surface area (Å²) in [5, 5.41) is 2.57. The topological polar surface area (TPSA) is 8.17 Å². The normalized spacial score (nSPS) is 22.7. The number of aromatic nitrogens is 1. The minimum atomic E-state index is -0.109. The summed E-state index contributed by atoms with van der Waals surface area (Å²) in [7, 11) is 0. The number of hydrogen-bond acceptors (Lipinski definition) is 1. The highest BCUT2D eigenvalue weighted by atomic mass is 15.1. The van der Waals surface area contributed by atoms with Gasteiger partial charge in [0.15, 0.2) is 0 Å². The molecule has 5 aliphatic rings. The molecule has 1 aromatic heterocycles. The molecule has 2 unspecified atom stereocenters. The third kappa shape index (κ3) is 5.95. The fourth-order valence-corrected chi connectivity index (χ4v) is 14.7. The average Bonchev–Trinajstić information content (AvgIpc) is 3.68. The van der Waals surface area contributed by atoms with E-state index in [1.54, 1.807) is 11.1 Å². The van der Waals surface area contributed by atoms with Crippen molar-refractivity contribution in [3.05, 3.63) is 215 Å². The maximum absolute atomic E-state index is 2.67. The van der Waals surface area contributed by atoms with Crippen LogP contribution in [-0.2, 0) is 16.2 Å². The maximum atomic E-state index is 2.67. The van der Waals surface area contributed by atoms with E-state index in [2.05, 4.69) is 233 Å². The fraction of sp³-hybridized carbons (Fsp3) is 0.273. The number of anilines is 3. The zero-order valence-corrected chi connectivity index (χ0v) is 40.6. The smallest absolute Gasteiger partial charge is 0.0541 e. The monoisotopic (exact) mass is 882 g/mol. The Morgan fingerprint density at radius 2 is 1.01 bits per heavy atom. The highest BCUT2D eigenvalue weighted by molar-refractivity contribution is 6.09. The Morgan fingerprint density at radius 1 is 0.485 bits per heavy atom. The number of fused-ring (bicyclic) bond motifs is 11. The minimum absolute atomic E-state index is 0.0129. The molecule has 5 aliphatic carbocycles. The number of rotatable bonds is 6. The molecule has 0 radical (unpaired) electrons. The first-order valence-electron chi connectivity index (χ1n) is 25.5. The van der Waals surface area contributed by atoms with Gasteiger partial charge < -0.3 is 9.47 Å². The molecule has 0 aliphatic heterocycles. The first kappa shape index (κ1) is 41.5. The molecular weight excluding hydrogens is 821 g/mol. The van der Waals surface area contributed by atoms with Gasteiger partial charge in [0.2, 0.25) is 0 Å². The van der Waals surface area contributed by atoms with Crippen molar-refractivity contribution in [1.29, 1.82) is 0 Å². The van der Waals surface area contributed by atoms with Crippen LogP contribution in [0.4, 0.5) is 17.1 Å².